The monoisotopic (exact) mass is 382 g/mol. The topological polar surface area (TPSA) is 98.5 Å². The largest absolute Gasteiger partial charge is 0.484 e. The Morgan fingerprint density at radius 3 is 2.19 bits per heavy atom. The van der Waals surface area contributed by atoms with Gasteiger partial charge < -0.3 is 10.5 Å². The van der Waals surface area contributed by atoms with Gasteiger partial charge in [0.25, 0.3) is 15.9 Å². The van der Waals surface area contributed by atoms with Crippen LogP contribution in [0.5, 0.6) is 5.75 Å². The minimum Gasteiger partial charge on any atom is -0.484 e. The van der Waals surface area contributed by atoms with Crippen molar-refractivity contribution in [2.24, 2.45) is 5.73 Å². The van der Waals surface area contributed by atoms with Gasteiger partial charge in [0.15, 0.2) is 6.61 Å². The average Bonchev–Trinajstić information content (AvgIpc) is 2.68. The van der Waals surface area contributed by atoms with Crippen molar-refractivity contribution in [3.8, 4) is 16.9 Å². The van der Waals surface area contributed by atoms with Gasteiger partial charge in [0.1, 0.15) is 5.75 Å². The van der Waals surface area contributed by atoms with Crippen molar-refractivity contribution in [3.63, 3.8) is 0 Å². The van der Waals surface area contributed by atoms with E-state index in [1.165, 1.54) is 0 Å². The minimum absolute atomic E-state index is 0.185. The summed E-state index contributed by atoms with van der Waals surface area (Å²) in [5, 5.41) is 0. The summed E-state index contributed by atoms with van der Waals surface area (Å²) in [4.78, 5) is 10.9. The third-order valence-corrected chi connectivity index (χ3v) is 5.19. The lowest BCUT2D eigenvalue weighted by molar-refractivity contribution is -0.119. The van der Waals surface area contributed by atoms with Crippen molar-refractivity contribution in [1.82, 2.24) is 0 Å². The maximum absolute atomic E-state index is 12.9. The van der Waals surface area contributed by atoms with Gasteiger partial charge in [-0.1, -0.05) is 48.5 Å². The highest BCUT2D eigenvalue weighted by Gasteiger charge is 2.19. The smallest absolute Gasteiger partial charge is 0.262 e. The molecule has 3 N–H and O–H groups in total. The average molecular weight is 382 g/mol. The van der Waals surface area contributed by atoms with Gasteiger partial charge in [-0.25, -0.2) is 8.42 Å². The second kappa shape index (κ2) is 7.92. The zero-order valence-electron chi connectivity index (χ0n) is 14.3. The number of ether oxygens (including phenoxy) is 1. The normalized spacial score (nSPS) is 11.0. The molecule has 3 rings (SSSR count). The molecule has 0 heterocycles. The van der Waals surface area contributed by atoms with E-state index in [-0.39, 0.29) is 11.5 Å². The number of hydrogen-bond acceptors (Lipinski definition) is 4. The molecule has 7 heteroatoms. The number of nitrogens with one attached hydrogen (secondary N) is 1. The summed E-state index contributed by atoms with van der Waals surface area (Å²) in [5.74, 6) is -0.168. The molecule has 0 fully saturated rings. The van der Waals surface area contributed by atoms with Crippen LogP contribution in [0.25, 0.3) is 11.1 Å². The standard InChI is InChI=1S/C20H18N2O4S/c21-20(23)14-26-17-12-10-16(11-13-17)22-27(24,25)19-9-5-4-8-18(19)15-6-2-1-3-7-15/h1-13,22H,14H2,(H2,21,23). The molecule has 0 aliphatic heterocycles. The van der Waals surface area contributed by atoms with Crippen LogP contribution in [0.1, 0.15) is 0 Å². The highest BCUT2D eigenvalue weighted by molar-refractivity contribution is 7.92. The Hall–Kier alpha value is -3.32. The van der Waals surface area contributed by atoms with Gasteiger partial charge in [0.2, 0.25) is 0 Å². The van der Waals surface area contributed by atoms with Crippen LogP contribution in [0.3, 0.4) is 0 Å². The van der Waals surface area contributed by atoms with E-state index in [9.17, 15) is 13.2 Å². The third-order valence-electron chi connectivity index (χ3n) is 3.75. The Kier molecular flexibility index (Phi) is 5.42. The molecule has 0 aliphatic carbocycles. The molecule has 0 unspecified atom stereocenters. The van der Waals surface area contributed by atoms with E-state index >= 15 is 0 Å². The second-order valence-corrected chi connectivity index (χ2v) is 7.40. The molecule has 0 saturated carbocycles. The zero-order valence-corrected chi connectivity index (χ0v) is 15.1. The van der Waals surface area contributed by atoms with Gasteiger partial charge in [0.05, 0.1) is 4.90 Å². The molecule has 27 heavy (non-hydrogen) atoms. The van der Waals surface area contributed by atoms with Gasteiger partial charge in [-0.15, -0.1) is 0 Å². The third kappa shape index (κ3) is 4.65. The van der Waals surface area contributed by atoms with Gasteiger partial charge in [0, 0.05) is 11.3 Å². The van der Waals surface area contributed by atoms with Crippen LogP contribution < -0.4 is 15.2 Å². The highest BCUT2D eigenvalue weighted by atomic mass is 32.2. The molecule has 138 valence electrons. The Balaban J connectivity index is 1.85. The number of carbonyl (C=O) groups is 1. The fourth-order valence-electron chi connectivity index (χ4n) is 2.54. The number of carbonyl (C=O) groups excluding carboxylic acids is 1. The van der Waals surface area contributed by atoms with Crippen LogP contribution in [0, 0.1) is 0 Å². The molecule has 6 nitrogen and oxygen atoms in total. The molecule has 0 bridgehead atoms. The van der Waals surface area contributed by atoms with Crippen LogP contribution in [-0.2, 0) is 14.8 Å². The molecule has 3 aromatic rings. The van der Waals surface area contributed by atoms with Crippen LogP contribution in [0.2, 0.25) is 0 Å². The summed E-state index contributed by atoms with van der Waals surface area (Å²) in [6.45, 7) is -0.241. The molecule has 3 aromatic carbocycles. The second-order valence-electron chi connectivity index (χ2n) is 5.75. The van der Waals surface area contributed by atoms with Crippen molar-refractivity contribution in [1.29, 1.82) is 0 Å². The number of amides is 1. The predicted octanol–water partition coefficient (Wildman–Crippen LogP) is 3.02. The molecule has 0 saturated heterocycles. The van der Waals surface area contributed by atoms with E-state index in [0.717, 1.165) is 5.56 Å². The predicted molar refractivity (Wildman–Crippen MR) is 104 cm³/mol. The van der Waals surface area contributed by atoms with E-state index in [1.807, 2.05) is 30.3 Å². The zero-order chi connectivity index (χ0) is 19.3. The summed E-state index contributed by atoms with van der Waals surface area (Å²) in [6.07, 6.45) is 0. The first-order valence-corrected chi connectivity index (χ1v) is 9.62. The van der Waals surface area contributed by atoms with E-state index < -0.39 is 15.9 Å². The molecule has 1 amide bonds. The molecule has 0 atom stereocenters. The lowest BCUT2D eigenvalue weighted by atomic mass is 10.1. The van der Waals surface area contributed by atoms with Crippen molar-refractivity contribution >= 4 is 21.6 Å². The van der Waals surface area contributed by atoms with Crippen LogP contribution >= 0.6 is 0 Å². The van der Waals surface area contributed by atoms with Crippen LogP contribution in [-0.4, -0.2) is 20.9 Å². The lowest BCUT2D eigenvalue weighted by Gasteiger charge is -2.13. The van der Waals surface area contributed by atoms with E-state index in [1.54, 1.807) is 48.5 Å². The summed E-state index contributed by atoms with van der Waals surface area (Å²) in [7, 11) is -3.80. The Bertz CT molecular complexity index is 1030. The van der Waals surface area contributed by atoms with Crippen molar-refractivity contribution < 1.29 is 17.9 Å². The number of primary amides is 1. The summed E-state index contributed by atoms with van der Waals surface area (Å²) in [5.41, 5.74) is 6.83. The number of sulfonamides is 1. The van der Waals surface area contributed by atoms with Crippen LogP contribution in [0.4, 0.5) is 5.69 Å². The van der Waals surface area contributed by atoms with Gasteiger partial charge >= 0.3 is 0 Å². The first-order chi connectivity index (χ1) is 13.0. The molecular weight excluding hydrogens is 364 g/mol. The number of anilines is 1. The lowest BCUT2D eigenvalue weighted by Crippen LogP contribution is -2.20. The molecule has 0 aliphatic rings. The number of rotatable bonds is 7. The van der Waals surface area contributed by atoms with E-state index in [0.29, 0.717) is 17.0 Å². The Labute approximate surface area is 157 Å². The molecular formula is C20H18N2O4S. The maximum Gasteiger partial charge on any atom is 0.262 e. The van der Waals surface area contributed by atoms with E-state index in [4.69, 9.17) is 10.5 Å². The summed E-state index contributed by atoms with van der Waals surface area (Å²) < 4.78 is 33.5. The van der Waals surface area contributed by atoms with Crippen molar-refractivity contribution in [2.45, 2.75) is 4.90 Å². The fraction of sp³-hybridized carbons (Fsp3) is 0.0500. The first-order valence-electron chi connectivity index (χ1n) is 8.14. The first kappa shape index (κ1) is 18.5. The number of benzene rings is 3. The maximum atomic E-state index is 12.9. The molecule has 0 aromatic heterocycles. The SMILES string of the molecule is NC(=O)COc1ccc(NS(=O)(=O)c2ccccc2-c2ccccc2)cc1. The van der Waals surface area contributed by atoms with Gasteiger partial charge in [-0.2, -0.15) is 0 Å². The quantitative estimate of drug-likeness (QED) is 0.656. The van der Waals surface area contributed by atoms with Gasteiger partial charge in [-0.05, 0) is 35.9 Å². The minimum atomic E-state index is -3.80. The van der Waals surface area contributed by atoms with Crippen molar-refractivity contribution in [2.75, 3.05) is 11.3 Å². The van der Waals surface area contributed by atoms with Crippen molar-refractivity contribution in [3.05, 3.63) is 78.9 Å². The summed E-state index contributed by atoms with van der Waals surface area (Å²) >= 11 is 0. The Morgan fingerprint density at radius 1 is 0.889 bits per heavy atom. The van der Waals surface area contributed by atoms with Crippen LogP contribution in [0.15, 0.2) is 83.8 Å². The highest BCUT2D eigenvalue weighted by Crippen LogP contribution is 2.28. The summed E-state index contributed by atoms with van der Waals surface area (Å²) in [6, 6.07) is 22.4. The molecule has 0 spiro atoms. The fourth-order valence-corrected chi connectivity index (χ4v) is 3.83. The Morgan fingerprint density at radius 2 is 1.52 bits per heavy atom. The van der Waals surface area contributed by atoms with E-state index in [2.05, 4.69) is 4.72 Å². The molecule has 0 radical (unpaired) electrons. The number of hydrogen-bond donors (Lipinski definition) is 2. The van der Waals surface area contributed by atoms with Gasteiger partial charge in [-0.3, -0.25) is 9.52 Å². The number of nitrogens with two attached hydrogens (primary N) is 1.